The first-order valence-electron chi connectivity index (χ1n) is 5.46. The van der Waals surface area contributed by atoms with Crippen LogP contribution in [-0.4, -0.2) is 71.4 Å². The van der Waals surface area contributed by atoms with Crippen LogP contribution in [0.5, 0.6) is 0 Å². The van der Waals surface area contributed by atoms with Crippen molar-refractivity contribution in [2.45, 2.75) is 37.6 Å². The summed E-state index contributed by atoms with van der Waals surface area (Å²) in [6, 6.07) is -1.01. The van der Waals surface area contributed by atoms with Gasteiger partial charge in [-0.1, -0.05) is 0 Å². The number of aldehydes is 1. The molecule has 0 aromatic rings. The van der Waals surface area contributed by atoms with Gasteiger partial charge in [-0.15, -0.1) is 0 Å². The van der Waals surface area contributed by atoms with Crippen LogP contribution in [0.1, 0.15) is 6.92 Å². The van der Waals surface area contributed by atoms with Crippen molar-refractivity contribution in [1.82, 2.24) is 5.32 Å². The summed E-state index contributed by atoms with van der Waals surface area (Å²) < 4.78 is 10.0. The molecule has 8 heteroatoms. The fraction of sp³-hybridized carbons (Fsp3) is 0.800. The molecular formula is C10H17NO7. The van der Waals surface area contributed by atoms with Crippen molar-refractivity contribution in [2.75, 3.05) is 13.2 Å². The molecule has 1 aliphatic heterocycles. The minimum atomic E-state index is -1.44. The summed E-state index contributed by atoms with van der Waals surface area (Å²) in [5, 5.41) is 30.9. The average Bonchev–Trinajstić information content (AvgIpc) is 2.32. The van der Waals surface area contributed by atoms with Crippen LogP contribution in [0.15, 0.2) is 0 Å². The maximum Gasteiger partial charge on any atom is 0.217 e. The zero-order chi connectivity index (χ0) is 13.7. The average molecular weight is 263 g/mol. The summed E-state index contributed by atoms with van der Waals surface area (Å²) >= 11 is 0. The van der Waals surface area contributed by atoms with Crippen molar-refractivity contribution in [3.8, 4) is 0 Å². The summed E-state index contributed by atoms with van der Waals surface area (Å²) in [6.07, 6.45) is -4.31. The molecule has 1 saturated heterocycles. The Morgan fingerprint density at radius 3 is 2.67 bits per heavy atom. The van der Waals surface area contributed by atoms with Gasteiger partial charge in [-0.25, -0.2) is 0 Å². The van der Waals surface area contributed by atoms with Crippen molar-refractivity contribution in [2.24, 2.45) is 0 Å². The van der Waals surface area contributed by atoms with Crippen LogP contribution < -0.4 is 5.32 Å². The van der Waals surface area contributed by atoms with E-state index >= 15 is 0 Å². The van der Waals surface area contributed by atoms with Crippen LogP contribution >= 0.6 is 0 Å². The van der Waals surface area contributed by atoms with Crippen LogP contribution in [0, 0.1) is 0 Å². The van der Waals surface area contributed by atoms with Gasteiger partial charge in [-0.2, -0.15) is 0 Å². The molecule has 0 aromatic carbocycles. The lowest BCUT2D eigenvalue weighted by Gasteiger charge is -2.42. The Kier molecular flexibility index (Phi) is 5.63. The highest BCUT2D eigenvalue weighted by atomic mass is 16.6. The highest BCUT2D eigenvalue weighted by Gasteiger charge is 2.45. The van der Waals surface area contributed by atoms with Crippen LogP contribution in [0.4, 0.5) is 0 Å². The summed E-state index contributed by atoms with van der Waals surface area (Å²) in [7, 11) is 0. The molecule has 1 heterocycles. The largest absolute Gasteiger partial charge is 0.394 e. The molecule has 5 atom stereocenters. The maximum absolute atomic E-state index is 11.0. The number of aliphatic hydroxyl groups is 3. The number of amides is 1. The fourth-order valence-electron chi connectivity index (χ4n) is 1.82. The van der Waals surface area contributed by atoms with E-state index in [2.05, 4.69) is 5.32 Å². The molecule has 1 rings (SSSR count). The number of hydrogen-bond acceptors (Lipinski definition) is 7. The van der Waals surface area contributed by atoms with E-state index in [4.69, 9.17) is 14.6 Å². The lowest BCUT2D eigenvalue weighted by Crippen LogP contribution is -2.64. The van der Waals surface area contributed by atoms with Gasteiger partial charge in [0.15, 0.2) is 6.29 Å². The summed E-state index contributed by atoms with van der Waals surface area (Å²) in [5.41, 5.74) is 0. The Balaban J connectivity index is 2.82. The van der Waals surface area contributed by atoms with Crippen molar-refractivity contribution >= 4 is 12.2 Å². The number of nitrogens with one attached hydrogen (secondary N) is 1. The van der Waals surface area contributed by atoms with Gasteiger partial charge in [-0.05, 0) is 0 Å². The Labute approximate surface area is 104 Å². The number of carbonyl (C=O) groups excluding carboxylic acids is 2. The van der Waals surface area contributed by atoms with Crippen LogP contribution in [0.2, 0.25) is 0 Å². The number of rotatable bonds is 5. The second kappa shape index (κ2) is 6.76. The van der Waals surface area contributed by atoms with Crippen LogP contribution in [0.3, 0.4) is 0 Å². The van der Waals surface area contributed by atoms with Crippen LogP contribution in [0.25, 0.3) is 0 Å². The number of ether oxygens (including phenoxy) is 2. The van der Waals surface area contributed by atoms with E-state index in [-0.39, 0.29) is 6.61 Å². The van der Waals surface area contributed by atoms with Crippen molar-refractivity contribution in [1.29, 1.82) is 0 Å². The molecule has 4 N–H and O–H groups in total. The Morgan fingerprint density at radius 1 is 1.50 bits per heavy atom. The Bertz CT molecular complexity index is 298. The molecule has 18 heavy (non-hydrogen) atoms. The normalized spacial score (nSPS) is 36.1. The zero-order valence-corrected chi connectivity index (χ0v) is 9.85. The first kappa shape index (κ1) is 15.0. The molecule has 104 valence electrons. The minimum Gasteiger partial charge on any atom is -0.394 e. The topological polar surface area (TPSA) is 125 Å². The second-order valence-electron chi connectivity index (χ2n) is 3.93. The molecule has 3 unspecified atom stereocenters. The van der Waals surface area contributed by atoms with E-state index < -0.39 is 43.2 Å². The highest BCUT2D eigenvalue weighted by Crippen LogP contribution is 2.22. The maximum atomic E-state index is 11.0. The zero-order valence-electron chi connectivity index (χ0n) is 9.85. The number of hydrogen-bond donors (Lipinski definition) is 4. The van der Waals surface area contributed by atoms with Gasteiger partial charge in [0.2, 0.25) is 5.91 Å². The van der Waals surface area contributed by atoms with E-state index in [9.17, 15) is 19.8 Å². The molecule has 8 nitrogen and oxygen atoms in total. The van der Waals surface area contributed by atoms with Gasteiger partial charge in [0, 0.05) is 6.92 Å². The molecule has 0 saturated carbocycles. The fourth-order valence-corrected chi connectivity index (χ4v) is 1.82. The van der Waals surface area contributed by atoms with E-state index in [0.29, 0.717) is 6.29 Å². The summed E-state index contributed by atoms with van der Waals surface area (Å²) in [4.78, 5) is 21.3. The standard InChI is InChI=1S/C10H17NO7/c1-5(14)11-7-9(17-3-2-12)8(15)6(4-13)18-10(7)16/h2,6-10,13,15-16H,3-4H2,1H3,(H,11,14)/t6?,7?,8-,9-,10?/m1/s1. The number of carbonyl (C=O) groups is 2. The molecule has 1 aliphatic rings. The van der Waals surface area contributed by atoms with E-state index in [0.717, 1.165) is 0 Å². The third kappa shape index (κ3) is 3.47. The molecule has 1 amide bonds. The highest BCUT2D eigenvalue weighted by molar-refractivity contribution is 5.73. The molecule has 0 bridgehead atoms. The molecule has 0 spiro atoms. The minimum absolute atomic E-state index is 0.303. The summed E-state index contributed by atoms with van der Waals surface area (Å²) in [6.45, 7) is 0.405. The van der Waals surface area contributed by atoms with Gasteiger partial charge in [0.05, 0.1) is 6.61 Å². The SMILES string of the molecule is CC(=O)NC1C(O)OC(CO)[C@@H](O)[C@@H]1OCC=O. The van der Waals surface area contributed by atoms with Crippen LogP contribution in [-0.2, 0) is 19.1 Å². The third-order valence-corrected chi connectivity index (χ3v) is 2.60. The number of aliphatic hydroxyl groups excluding tert-OH is 3. The third-order valence-electron chi connectivity index (χ3n) is 2.60. The quantitative estimate of drug-likeness (QED) is 0.393. The molecule has 1 fully saturated rings. The Hall–Kier alpha value is -1.06. The molecule has 0 radical (unpaired) electrons. The first-order chi connectivity index (χ1) is 8.51. The van der Waals surface area contributed by atoms with Crippen molar-refractivity contribution < 1.29 is 34.4 Å². The smallest absolute Gasteiger partial charge is 0.217 e. The van der Waals surface area contributed by atoms with E-state index in [1.807, 2.05) is 0 Å². The van der Waals surface area contributed by atoms with Crippen molar-refractivity contribution in [3.63, 3.8) is 0 Å². The van der Waals surface area contributed by atoms with E-state index in [1.165, 1.54) is 6.92 Å². The van der Waals surface area contributed by atoms with Gasteiger partial charge < -0.3 is 34.9 Å². The van der Waals surface area contributed by atoms with Gasteiger partial charge in [0.1, 0.15) is 37.2 Å². The van der Waals surface area contributed by atoms with Gasteiger partial charge in [0.25, 0.3) is 0 Å². The molecule has 0 aliphatic carbocycles. The predicted octanol–water partition coefficient (Wildman–Crippen LogP) is -2.85. The molecule has 0 aromatic heterocycles. The predicted molar refractivity (Wildman–Crippen MR) is 57.4 cm³/mol. The van der Waals surface area contributed by atoms with E-state index in [1.54, 1.807) is 0 Å². The van der Waals surface area contributed by atoms with Crippen molar-refractivity contribution in [3.05, 3.63) is 0 Å². The van der Waals surface area contributed by atoms with Gasteiger partial charge in [-0.3, -0.25) is 4.79 Å². The second-order valence-corrected chi connectivity index (χ2v) is 3.93. The first-order valence-corrected chi connectivity index (χ1v) is 5.46. The molecular weight excluding hydrogens is 246 g/mol. The Morgan fingerprint density at radius 2 is 2.17 bits per heavy atom. The lowest BCUT2D eigenvalue weighted by molar-refractivity contribution is -0.260. The van der Waals surface area contributed by atoms with Gasteiger partial charge >= 0.3 is 0 Å². The summed E-state index contributed by atoms with van der Waals surface area (Å²) in [5.74, 6) is -0.447. The lowest BCUT2D eigenvalue weighted by atomic mass is 9.96. The monoisotopic (exact) mass is 263 g/mol.